The molecule has 0 atom stereocenters. The predicted octanol–water partition coefficient (Wildman–Crippen LogP) is 3.96. The lowest BCUT2D eigenvalue weighted by Crippen LogP contribution is -2.28. The Morgan fingerprint density at radius 3 is 2.96 bits per heavy atom. The number of carbonyl (C=O) groups is 1. The predicted molar refractivity (Wildman–Crippen MR) is 96.3 cm³/mol. The third kappa shape index (κ3) is 2.83. The summed E-state index contributed by atoms with van der Waals surface area (Å²) in [6.07, 6.45) is 1.57. The van der Waals surface area contributed by atoms with Crippen molar-refractivity contribution in [3.63, 3.8) is 0 Å². The minimum atomic E-state index is 0.0286. The molecule has 1 saturated heterocycles. The highest BCUT2D eigenvalue weighted by Crippen LogP contribution is 2.34. The highest BCUT2D eigenvalue weighted by molar-refractivity contribution is 7.14. The van der Waals surface area contributed by atoms with Gasteiger partial charge in [-0.3, -0.25) is 4.79 Å². The molecule has 0 aliphatic carbocycles. The lowest BCUT2D eigenvalue weighted by atomic mass is 10.00. The smallest absolute Gasteiger partial charge is 0.229 e. The number of hydrogen-bond donors (Lipinski definition) is 2. The molecule has 2 aromatic heterocycles. The van der Waals surface area contributed by atoms with Gasteiger partial charge in [0, 0.05) is 46.7 Å². The maximum absolute atomic E-state index is 12.3. The van der Waals surface area contributed by atoms with Crippen LogP contribution in [-0.2, 0) is 9.53 Å². The zero-order valence-corrected chi connectivity index (χ0v) is 14.3. The van der Waals surface area contributed by atoms with Crippen molar-refractivity contribution in [2.24, 2.45) is 5.92 Å². The standard InChI is InChI=1S/C18H19N3O2S/c1-11-16(13-4-2-3-5-14(13)19-11)15-10-24-18(20-15)21-17(22)12-6-8-23-9-7-12/h2-5,10,12,19H,6-9H2,1H3,(H,20,21,22). The highest BCUT2D eigenvalue weighted by atomic mass is 32.1. The van der Waals surface area contributed by atoms with Crippen LogP contribution < -0.4 is 5.32 Å². The summed E-state index contributed by atoms with van der Waals surface area (Å²) in [4.78, 5) is 20.4. The van der Waals surface area contributed by atoms with Gasteiger partial charge >= 0.3 is 0 Å². The zero-order chi connectivity index (χ0) is 16.5. The van der Waals surface area contributed by atoms with Crippen LogP contribution >= 0.6 is 11.3 Å². The third-order valence-electron chi connectivity index (χ3n) is 4.48. The van der Waals surface area contributed by atoms with Gasteiger partial charge in [-0.15, -0.1) is 11.3 Å². The number of nitrogens with zero attached hydrogens (tertiary/aromatic N) is 1. The molecule has 1 aromatic carbocycles. The second kappa shape index (κ2) is 6.37. The summed E-state index contributed by atoms with van der Waals surface area (Å²) < 4.78 is 5.31. The molecule has 0 spiro atoms. The molecule has 2 N–H and O–H groups in total. The number of para-hydroxylation sites is 1. The van der Waals surface area contributed by atoms with Crippen LogP contribution in [0.3, 0.4) is 0 Å². The van der Waals surface area contributed by atoms with E-state index in [2.05, 4.69) is 34.3 Å². The molecule has 5 nitrogen and oxygen atoms in total. The summed E-state index contributed by atoms with van der Waals surface area (Å²) in [6, 6.07) is 8.20. The Kier molecular flexibility index (Phi) is 4.08. The molecule has 0 radical (unpaired) electrons. The van der Waals surface area contributed by atoms with Gasteiger partial charge in [0.25, 0.3) is 0 Å². The maximum atomic E-state index is 12.3. The van der Waals surface area contributed by atoms with Crippen LogP contribution in [0.15, 0.2) is 29.6 Å². The number of hydrogen-bond acceptors (Lipinski definition) is 4. The Balaban J connectivity index is 1.58. The van der Waals surface area contributed by atoms with E-state index in [0.717, 1.165) is 40.7 Å². The molecule has 3 aromatic rings. The van der Waals surface area contributed by atoms with E-state index in [-0.39, 0.29) is 11.8 Å². The van der Waals surface area contributed by atoms with Crippen molar-refractivity contribution in [1.29, 1.82) is 0 Å². The molecule has 1 aliphatic heterocycles. The van der Waals surface area contributed by atoms with E-state index < -0.39 is 0 Å². The average Bonchev–Trinajstić information content (AvgIpc) is 3.18. The summed E-state index contributed by atoms with van der Waals surface area (Å²) in [5.41, 5.74) is 4.19. The SMILES string of the molecule is Cc1[nH]c2ccccc2c1-c1csc(NC(=O)C2CCOCC2)n1. The monoisotopic (exact) mass is 341 g/mol. The Morgan fingerprint density at radius 1 is 1.33 bits per heavy atom. The van der Waals surface area contributed by atoms with Gasteiger partial charge in [0.1, 0.15) is 0 Å². The Hall–Kier alpha value is -2.18. The topological polar surface area (TPSA) is 67.0 Å². The number of aromatic nitrogens is 2. The molecular formula is C18H19N3O2S. The van der Waals surface area contributed by atoms with Gasteiger partial charge in [0.2, 0.25) is 5.91 Å². The van der Waals surface area contributed by atoms with E-state index in [1.807, 2.05) is 17.5 Å². The zero-order valence-electron chi connectivity index (χ0n) is 13.5. The van der Waals surface area contributed by atoms with Gasteiger partial charge in [-0.2, -0.15) is 0 Å². The quantitative estimate of drug-likeness (QED) is 0.757. The number of thiazole rings is 1. The Morgan fingerprint density at radius 2 is 2.12 bits per heavy atom. The number of fused-ring (bicyclic) bond motifs is 1. The Labute approximate surface area is 144 Å². The Bertz CT molecular complexity index is 877. The van der Waals surface area contributed by atoms with Crippen LogP contribution in [0.2, 0.25) is 0 Å². The van der Waals surface area contributed by atoms with Crippen molar-refractivity contribution < 1.29 is 9.53 Å². The number of benzene rings is 1. The number of carbonyl (C=O) groups excluding carboxylic acids is 1. The number of ether oxygens (including phenoxy) is 1. The highest BCUT2D eigenvalue weighted by Gasteiger charge is 2.22. The minimum absolute atomic E-state index is 0.0286. The number of H-pyrrole nitrogens is 1. The molecular weight excluding hydrogens is 322 g/mol. The first-order valence-electron chi connectivity index (χ1n) is 8.14. The van der Waals surface area contributed by atoms with Crippen LogP contribution in [-0.4, -0.2) is 29.1 Å². The van der Waals surface area contributed by atoms with Crippen LogP contribution in [0.5, 0.6) is 0 Å². The van der Waals surface area contributed by atoms with Gasteiger partial charge in [-0.1, -0.05) is 18.2 Å². The van der Waals surface area contributed by atoms with E-state index in [1.165, 1.54) is 11.3 Å². The average molecular weight is 341 g/mol. The molecule has 0 saturated carbocycles. The van der Waals surface area contributed by atoms with Crippen molar-refractivity contribution in [2.75, 3.05) is 18.5 Å². The molecule has 6 heteroatoms. The van der Waals surface area contributed by atoms with E-state index in [9.17, 15) is 4.79 Å². The second-order valence-electron chi connectivity index (χ2n) is 6.08. The fraction of sp³-hybridized carbons (Fsp3) is 0.333. The summed E-state index contributed by atoms with van der Waals surface area (Å²) in [5, 5.41) is 6.78. The number of aryl methyl sites for hydroxylation is 1. The van der Waals surface area contributed by atoms with E-state index in [1.54, 1.807) is 0 Å². The van der Waals surface area contributed by atoms with Crippen LogP contribution in [0.1, 0.15) is 18.5 Å². The molecule has 1 aliphatic rings. The summed E-state index contributed by atoms with van der Waals surface area (Å²) in [7, 11) is 0. The normalized spacial score (nSPS) is 15.7. The van der Waals surface area contributed by atoms with E-state index in [0.29, 0.717) is 18.3 Å². The molecule has 124 valence electrons. The minimum Gasteiger partial charge on any atom is -0.381 e. The number of rotatable bonds is 3. The van der Waals surface area contributed by atoms with Gasteiger partial charge in [0.15, 0.2) is 5.13 Å². The fourth-order valence-corrected chi connectivity index (χ4v) is 3.92. The largest absolute Gasteiger partial charge is 0.381 e. The lowest BCUT2D eigenvalue weighted by Gasteiger charge is -2.20. The van der Waals surface area contributed by atoms with Gasteiger partial charge < -0.3 is 15.0 Å². The van der Waals surface area contributed by atoms with Crippen LogP contribution in [0, 0.1) is 12.8 Å². The summed E-state index contributed by atoms with van der Waals surface area (Å²) in [5.74, 6) is 0.0794. The molecule has 1 amide bonds. The summed E-state index contributed by atoms with van der Waals surface area (Å²) >= 11 is 1.47. The van der Waals surface area contributed by atoms with Crippen molar-refractivity contribution in [3.8, 4) is 11.3 Å². The van der Waals surface area contributed by atoms with Crippen molar-refractivity contribution in [1.82, 2.24) is 9.97 Å². The fourth-order valence-electron chi connectivity index (χ4n) is 3.22. The van der Waals surface area contributed by atoms with Crippen molar-refractivity contribution in [2.45, 2.75) is 19.8 Å². The van der Waals surface area contributed by atoms with Gasteiger partial charge in [0.05, 0.1) is 5.69 Å². The number of amides is 1. The molecule has 0 bridgehead atoms. The molecule has 24 heavy (non-hydrogen) atoms. The number of anilines is 1. The molecule has 4 rings (SSSR count). The number of aromatic amines is 1. The van der Waals surface area contributed by atoms with Crippen molar-refractivity contribution in [3.05, 3.63) is 35.3 Å². The van der Waals surface area contributed by atoms with Crippen LogP contribution in [0.4, 0.5) is 5.13 Å². The molecule has 3 heterocycles. The van der Waals surface area contributed by atoms with E-state index >= 15 is 0 Å². The molecule has 0 unspecified atom stereocenters. The maximum Gasteiger partial charge on any atom is 0.229 e. The van der Waals surface area contributed by atoms with Gasteiger partial charge in [-0.05, 0) is 25.8 Å². The van der Waals surface area contributed by atoms with Gasteiger partial charge in [-0.25, -0.2) is 4.98 Å². The van der Waals surface area contributed by atoms with Crippen molar-refractivity contribution >= 4 is 33.3 Å². The summed E-state index contributed by atoms with van der Waals surface area (Å²) in [6.45, 7) is 3.38. The van der Waals surface area contributed by atoms with Crippen LogP contribution in [0.25, 0.3) is 22.2 Å². The first-order chi connectivity index (χ1) is 11.7. The molecule has 1 fully saturated rings. The number of nitrogens with one attached hydrogen (secondary N) is 2. The third-order valence-corrected chi connectivity index (χ3v) is 5.23. The second-order valence-corrected chi connectivity index (χ2v) is 6.94. The lowest BCUT2D eigenvalue weighted by molar-refractivity contribution is -0.122. The first-order valence-corrected chi connectivity index (χ1v) is 9.02. The first kappa shape index (κ1) is 15.4. The van der Waals surface area contributed by atoms with E-state index in [4.69, 9.17) is 4.74 Å².